The minimum Gasteiger partial charge on any atom is -0.491 e. The molecule has 1 unspecified atom stereocenters. The van der Waals surface area contributed by atoms with E-state index >= 15 is 0 Å². The molecule has 0 saturated carbocycles. The molecule has 4 aromatic rings. The second-order valence-corrected chi connectivity index (χ2v) is 8.23. The molecule has 1 atom stereocenters. The topological polar surface area (TPSA) is 52.9 Å². The van der Waals surface area contributed by atoms with Crippen molar-refractivity contribution in [2.45, 2.75) is 20.0 Å². The van der Waals surface area contributed by atoms with Crippen LogP contribution in [0.15, 0.2) is 97.1 Å². The van der Waals surface area contributed by atoms with Crippen molar-refractivity contribution in [2.75, 3.05) is 18.1 Å². The highest BCUT2D eigenvalue weighted by atomic mass is 16.5. The van der Waals surface area contributed by atoms with Gasteiger partial charge in [0, 0.05) is 17.1 Å². The Morgan fingerprint density at radius 3 is 1.70 bits per heavy atom. The number of hydrogen-bond donors (Lipinski definition) is 2. The smallest absolute Gasteiger partial charge is 0.119 e. The average Bonchev–Trinajstić information content (AvgIpc) is 2.84. The Morgan fingerprint density at radius 1 is 0.697 bits per heavy atom. The molecule has 4 aromatic carbocycles. The number of rotatable bonds is 8. The zero-order chi connectivity index (χ0) is 23.2. The maximum absolute atomic E-state index is 9.44. The average molecular weight is 440 g/mol. The van der Waals surface area contributed by atoms with E-state index in [9.17, 15) is 5.11 Å². The summed E-state index contributed by atoms with van der Waals surface area (Å²) in [5, 5.41) is 18.3. The molecule has 4 heteroatoms. The lowest BCUT2D eigenvalue weighted by Crippen LogP contribution is -2.21. The predicted octanol–water partition coefficient (Wildman–Crippen LogP) is 6.17. The molecular weight excluding hydrogens is 410 g/mol. The lowest BCUT2D eigenvalue weighted by molar-refractivity contribution is 0.0536. The Bertz CT molecular complexity index is 1140. The number of benzene rings is 4. The zero-order valence-corrected chi connectivity index (χ0v) is 19.0. The molecule has 2 N–H and O–H groups in total. The highest BCUT2D eigenvalue weighted by Crippen LogP contribution is 2.36. The van der Waals surface area contributed by atoms with Gasteiger partial charge in [0.1, 0.15) is 18.5 Å². The summed E-state index contributed by atoms with van der Waals surface area (Å²) in [6, 6.07) is 33.3. The number of ether oxygens (including phenoxy) is 1. The summed E-state index contributed by atoms with van der Waals surface area (Å²) in [5.74, 6) is 0.660. The maximum atomic E-state index is 9.44. The van der Waals surface area contributed by atoms with E-state index in [0.29, 0.717) is 5.75 Å². The van der Waals surface area contributed by atoms with Crippen molar-refractivity contribution >= 4 is 17.1 Å². The molecule has 0 aromatic heterocycles. The summed E-state index contributed by atoms with van der Waals surface area (Å²) < 4.78 is 5.50. The van der Waals surface area contributed by atoms with E-state index in [2.05, 4.69) is 91.5 Å². The normalized spacial score (nSPS) is 11.8. The van der Waals surface area contributed by atoms with E-state index in [0.717, 1.165) is 28.2 Å². The molecule has 0 aliphatic heterocycles. The van der Waals surface area contributed by atoms with Gasteiger partial charge in [0.15, 0.2) is 0 Å². The highest BCUT2D eigenvalue weighted by molar-refractivity contribution is 5.78. The monoisotopic (exact) mass is 439 g/mol. The van der Waals surface area contributed by atoms with Crippen LogP contribution in [0.3, 0.4) is 0 Å². The zero-order valence-electron chi connectivity index (χ0n) is 19.0. The molecule has 0 bridgehead atoms. The third-order valence-electron chi connectivity index (χ3n) is 5.49. The minimum atomic E-state index is -0.873. The number of anilines is 3. The van der Waals surface area contributed by atoms with E-state index < -0.39 is 6.10 Å². The van der Waals surface area contributed by atoms with Gasteiger partial charge < -0.3 is 19.8 Å². The van der Waals surface area contributed by atoms with Crippen LogP contribution in [0.1, 0.15) is 11.1 Å². The molecule has 4 rings (SSSR count). The Balaban J connectivity index is 1.60. The van der Waals surface area contributed by atoms with Gasteiger partial charge in [-0.3, -0.25) is 0 Å². The second kappa shape index (κ2) is 10.3. The Labute approximate surface area is 195 Å². The van der Waals surface area contributed by atoms with Crippen molar-refractivity contribution in [1.82, 2.24) is 0 Å². The fraction of sp³-hybridized carbons (Fsp3) is 0.172. The molecule has 0 radical (unpaired) electrons. The second-order valence-electron chi connectivity index (χ2n) is 8.23. The first kappa shape index (κ1) is 22.6. The van der Waals surface area contributed by atoms with Crippen LogP contribution in [0.4, 0.5) is 17.1 Å². The van der Waals surface area contributed by atoms with Crippen LogP contribution in [0.5, 0.6) is 5.75 Å². The lowest BCUT2D eigenvalue weighted by atomic mass is 10.0. The van der Waals surface area contributed by atoms with Crippen LogP contribution in [0, 0.1) is 13.8 Å². The summed E-state index contributed by atoms with van der Waals surface area (Å²) in [6.45, 7) is 3.97. The van der Waals surface area contributed by atoms with Crippen molar-refractivity contribution in [3.8, 4) is 16.9 Å². The molecule has 0 aliphatic rings. The first-order valence-corrected chi connectivity index (χ1v) is 11.1. The van der Waals surface area contributed by atoms with Gasteiger partial charge in [0.25, 0.3) is 0 Å². The first-order valence-electron chi connectivity index (χ1n) is 11.1. The molecule has 0 aliphatic carbocycles. The third-order valence-corrected chi connectivity index (χ3v) is 5.49. The molecule has 4 nitrogen and oxygen atoms in total. The van der Waals surface area contributed by atoms with Crippen LogP contribution in [-0.2, 0) is 0 Å². The lowest BCUT2D eigenvalue weighted by Gasteiger charge is -2.26. The van der Waals surface area contributed by atoms with Gasteiger partial charge in [-0.2, -0.15) is 0 Å². The fourth-order valence-electron chi connectivity index (χ4n) is 3.77. The third kappa shape index (κ3) is 5.61. The van der Waals surface area contributed by atoms with Crippen molar-refractivity contribution in [2.24, 2.45) is 0 Å². The van der Waals surface area contributed by atoms with Crippen molar-refractivity contribution < 1.29 is 14.9 Å². The van der Waals surface area contributed by atoms with Gasteiger partial charge in [-0.05, 0) is 84.6 Å². The van der Waals surface area contributed by atoms with E-state index in [-0.39, 0.29) is 13.2 Å². The summed E-state index contributed by atoms with van der Waals surface area (Å²) in [5.41, 5.74) is 7.96. The van der Waals surface area contributed by atoms with E-state index in [1.165, 1.54) is 11.1 Å². The van der Waals surface area contributed by atoms with Crippen molar-refractivity contribution in [1.29, 1.82) is 0 Å². The Hall–Kier alpha value is -3.60. The number of aliphatic hydroxyl groups is 2. The van der Waals surface area contributed by atoms with Crippen LogP contribution in [-0.4, -0.2) is 29.5 Å². The quantitative estimate of drug-likeness (QED) is 0.345. The molecule has 0 saturated heterocycles. The summed E-state index contributed by atoms with van der Waals surface area (Å²) in [4.78, 5) is 2.27. The largest absolute Gasteiger partial charge is 0.491 e. The van der Waals surface area contributed by atoms with E-state index in [1.54, 1.807) is 0 Å². The van der Waals surface area contributed by atoms with Gasteiger partial charge in [-0.1, -0.05) is 48.5 Å². The highest BCUT2D eigenvalue weighted by Gasteiger charge is 2.13. The van der Waals surface area contributed by atoms with Gasteiger partial charge in [0.2, 0.25) is 0 Å². The number of hydrogen-bond acceptors (Lipinski definition) is 4. The van der Waals surface area contributed by atoms with Gasteiger partial charge in [-0.15, -0.1) is 0 Å². The molecule has 168 valence electrons. The maximum Gasteiger partial charge on any atom is 0.119 e. The first-order chi connectivity index (χ1) is 16.0. The SMILES string of the molecule is Cc1cccc(N(c2ccc(-c3ccc(OCC(O)CO)cc3)cc2)c2cccc(C)c2)c1. The van der Waals surface area contributed by atoms with Crippen molar-refractivity contribution in [3.05, 3.63) is 108 Å². The molecule has 0 spiro atoms. The van der Waals surface area contributed by atoms with E-state index in [4.69, 9.17) is 9.84 Å². The van der Waals surface area contributed by atoms with E-state index in [1.807, 2.05) is 24.3 Å². The van der Waals surface area contributed by atoms with Gasteiger partial charge in [-0.25, -0.2) is 0 Å². The summed E-state index contributed by atoms with van der Waals surface area (Å²) in [6.07, 6.45) is -0.873. The fourth-order valence-corrected chi connectivity index (χ4v) is 3.77. The van der Waals surface area contributed by atoms with Crippen molar-refractivity contribution in [3.63, 3.8) is 0 Å². The predicted molar refractivity (Wildman–Crippen MR) is 135 cm³/mol. The number of aliphatic hydroxyl groups excluding tert-OH is 2. The Kier molecular flexibility index (Phi) is 7.08. The van der Waals surface area contributed by atoms with Crippen LogP contribution in [0.25, 0.3) is 11.1 Å². The summed E-state index contributed by atoms with van der Waals surface area (Å²) in [7, 11) is 0. The molecule has 0 heterocycles. The Morgan fingerprint density at radius 2 is 1.21 bits per heavy atom. The standard InChI is InChI=1S/C29H29NO3/c1-21-5-3-7-26(17-21)30(27-8-4-6-22(2)18-27)25-13-9-23(10-14-25)24-11-15-29(16-12-24)33-20-28(32)19-31/h3-18,28,31-32H,19-20H2,1-2H3. The molecule has 0 fully saturated rings. The summed E-state index contributed by atoms with van der Waals surface area (Å²) >= 11 is 0. The van der Waals surface area contributed by atoms with Crippen LogP contribution < -0.4 is 9.64 Å². The van der Waals surface area contributed by atoms with Gasteiger partial charge in [0.05, 0.1) is 6.61 Å². The van der Waals surface area contributed by atoms with Crippen LogP contribution >= 0.6 is 0 Å². The molecular formula is C29H29NO3. The minimum absolute atomic E-state index is 0.0678. The van der Waals surface area contributed by atoms with Gasteiger partial charge >= 0.3 is 0 Å². The molecule has 0 amide bonds. The van der Waals surface area contributed by atoms with Crippen LogP contribution in [0.2, 0.25) is 0 Å². The molecule has 33 heavy (non-hydrogen) atoms. The number of aryl methyl sites for hydroxylation is 2. The number of nitrogens with zero attached hydrogens (tertiary/aromatic N) is 1.